The van der Waals surface area contributed by atoms with Gasteiger partial charge in [-0.2, -0.15) is 0 Å². The number of aromatic amines is 1. The maximum Gasteiger partial charge on any atom is 0.304 e. The SMILES string of the molecule is Cc1ccc(-c2nc(SC(CC(=O)O)c3ccccc3)n[nH]2)cc1. The molecule has 3 rings (SSSR count). The molecule has 24 heavy (non-hydrogen) atoms. The number of carboxylic acids is 1. The van der Waals surface area contributed by atoms with Gasteiger partial charge in [-0.05, 0) is 12.5 Å². The summed E-state index contributed by atoms with van der Waals surface area (Å²) in [5, 5.41) is 16.6. The van der Waals surface area contributed by atoms with Gasteiger partial charge >= 0.3 is 5.97 Å². The molecule has 0 aliphatic rings. The molecule has 1 unspecified atom stereocenters. The first-order valence-corrected chi connectivity index (χ1v) is 8.42. The van der Waals surface area contributed by atoms with E-state index in [2.05, 4.69) is 15.2 Å². The summed E-state index contributed by atoms with van der Waals surface area (Å²) in [6, 6.07) is 17.6. The lowest BCUT2D eigenvalue weighted by Crippen LogP contribution is -2.03. The number of benzene rings is 2. The summed E-state index contributed by atoms with van der Waals surface area (Å²) >= 11 is 1.35. The van der Waals surface area contributed by atoms with Gasteiger partial charge in [-0.3, -0.25) is 9.89 Å². The fourth-order valence-corrected chi connectivity index (χ4v) is 3.34. The quantitative estimate of drug-likeness (QED) is 0.661. The second-order valence-electron chi connectivity index (χ2n) is 5.45. The molecule has 0 bridgehead atoms. The normalized spacial score (nSPS) is 12.0. The van der Waals surface area contributed by atoms with E-state index in [4.69, 9.17) is 0 Å². The van der Waals surface area contributed by atoms with Gasteiger partial charge in [0.1, 0.15) is 0 Å². The van der Waals surface area contributed by atoms with Crippen LogP contribution in [0, 0.1) is 6.92 Å². The van der Waals surface area contributed by atoms with Crippen molar-refractivity contribution in [2.24, 2.45) is 0 Å². The Morgan fingerprint density at radius 1 is 1.17 bits per heavy atom. The van der Waals surface area contributed by atoms with Crippen molar-refractivity contribution in [3.63, 3.8) is 0 Å². The number of H-pyrrole nitrogens is 1. The Balaban J connectivity index is 1.80. The van der Waals surface area contributed by atoms with E-state index in [1.165, 1.54) is 17.3 Å². The van der Waals surface area contributed by atoms with Crippen molar-refractivity contribution < 1.29 is 9.90 Å². The molecule has 1 heterocycles. The second kappa shape index (κ2) is 7.31. The summed E-state index contributed by atoms with van der Waals surface area (Å²) in [4.78, 5) is 15.7. The van der Waals surface area contributed by atoms with Crippen LogP contribution in [0.2, 0.25) is 0 Å². The highest BCUT2D eigenvalue weighted by Gasteiger charge is 2.19. The summed E-state index contributed by atoms with van der Waals surface area (Å²) in [6.07, 6.45) is 0.0169. The van der Waals surface area contributed by atoms with Crippen molar-refractivity contribution in [3.05, 3.63) is 65.7 Å². The maximum absolute atomic E-state index is 11.2. The molecule has 0 aliphatic carbocycles. The third kappa shape index (κ3) is 4.02. The minimum Gasteiger partial charge on any atom is -0.481 e. The Labute approximate surface area is 144 Å². The average Bonchev–Trinajstić information content (AvgIpc) is 3.04. The fraction of sp³-hybridized carbons (Fsp3) is 0.167. The number of aliphatic carboxylic acids is 1. The Bertz CT molecular complexity index is 816. The first-order chi connectivity index (χ1) is 11.6. The molecule has 0 spiro atoms. The number of nitrogens with one attached hydrogen (secondary N) is 1. The number of nitrogens with zero attached hydrogens (tertiary/aromatic N) is 2. The van der Waals surface area contributed by atoms with Gasteiger partial charge in [0.15, 0.2) is 5.82 Å². The molecule has 2 N–H and O–H groups in total. The largest absolute Gasteiger partial charge is 0.481 e. The van der Waals surface area contributed by atoms with Gasteiger partial charge in [0.25, 0.3) is 0 Å². The van der Waals surface area contributed by atoms with Crippen molar-refractivity contribution >= 4 is 17.7 Å². The molecule has 0 radical (unpaired) electrons. The average molecular weight is 339 g/mol. The molecule has 1 aromatic heterocycles. The van der Waals surface area contributed by atoms with Crippen molar-refractivity contribution in [2.45, 2.75) is 23.8 Å². The lowest BCUT2D eigenvalue weighted by molar-refractivity contribution is -0.137. The zero-order valence-corrected chi connectivity index (χ0v) is 14.0. The summed E-state index contributed by atoms with van der Waals surface area (Å²) in [5.41, 5.74) is 3.08. The Morgan fingerprint density at radius 3 is 2.54 bits per heavy atom. The maximum atomic E-state index is 11.2. The van der Waals surface area contributed by atoms with Gasteiger partial charge in [-0.1, -0.05) is 71.9 Å². The Hall–Kier alpha value is -2.60. The molecular formula is C18H17N3O2S. The molecular weight excluding hydrogens is 322 g/mol. The molecule has 2 aromatic carbocycles. The molecule has 0 aliphatic heterocycles. The van der Waals surface area contributed by atoms with E-state index in [0.717, 1.165) is 11.1 Å². The lowest BCUT2D eigenvalue weighted by atomic mass is 10.1. The van der Waals surface area contributed by atoms with Crippen LogP contribution in [0.3, 0.4) is 0 Å². The fourth-order valence-electron chi connectivity index (χ4n) is 2.32. The predicted molar refractivity (Wildman–Crippen MR) is 93.8 cm³/mol. The number of aromatic nitrogens is 3. The van der Waals surface area contributed by atoms with Gasteiger partial charge in [-0.25, -0.2) is 4.98 Å². The van der Waals surface area contributed by atoms with Crippen molar-refractivity contribution in [2.75, 3.05) is 0 Å². The minimum absolute atomic E-state index is 0.0169. The van der Waals surface area contributed by atoms with Gasteiger partial charge in [0, 0.05) is 10.8 Å². The highest BCUT2D eigenvalue weighted by molar-refractivity contribution is 7.99. The number of carboxylic acid groups (broad SMARTS) is 1. The van der Waals surface area contributed by atoms with Crippen LogP contribution in [0.1, 0.15) is 22.8 Å². The molecule has 122 valence electrons. The van der Waals surface area contributed by atoms with Crippen molar-refractivity contribution in [1.82, 2.24) is 15.2 Å². The van der Waals surface area contributed by atoms with Crippen LogP contribution in [0.5, 0.6) is 0 Å². The molecule has 3 aromatic rings. The van der Waals surface area contributed by atoms with Gasteiger partial charge in [-0.15, -0.1) is 5.10 Å². The second-order valence-corrected chi connectivity index (χ2v) is 6.62. The summed E-state index contributed by atoms with van der Waals surface area (Å²) in [6.45, 7) is 2.03. The molecule has 0 fully saturated rings. The number of carbonyl (C=O) groups is 1. The van der Waals surface area contributed by atoms with Gasteiger partial charge in [0.2, 0.25) is 5.16 Å². The Morgan fingerprint density at radius 2 is 1.88 bits per heavy atom. The first kappa shape index (κ1) is 16.3. The van der Waals surface area contributed by atoms with E-state index in [9.17, 15) is 9.90 Å². The van der Waals surface area contributed by atoms with E-state index in [0.29, 0.717) is 11.0 Å². The summed E-state index contributed by atoms with van der Waals surface area (Å²) in [7, 11) is 0. The van der Waals surface area contributed by atoms with E-state index < -0.39 is 5.97 Å². The first-order valence-electron chi connectivity index (χ1n) is 7.54. The smallest absolute Gasteiger partial charge is 0.304 e. The van der Waals surface area contributed by atoms with Crippen LogP contribution in [-0.4, -0.2) is 26.3 Å². The van der Waals surface area contributed by atoms with E-state index in [-0.39, 0.29) is 11.7 Å². The summed E-state index contributed by atoms with van der Waals surface area (Å²) < 4.78 is 0. The minimum atomic E-state index is -0.842. The zero-order chi connectivity index (χ0) is 16.9. The third-order valence-electron chi connectivity index (χ3n) is 3.57. The van der Waals surface area contributed by atoms with Crippen LogP contribution in [0.4, 0.5) is 0 Å². The number of thioether (sulfide) groups is 1. The Kier molecular flexibility index (Phi) is 4.96. The standard InChI is InChI=1S/C18H17N3O2S/c1-12-7-9-14(10-8-12)17-19-18(21-20-17)24-15(11-16(22)23)13-5-3-2-4-6-13/h2-10,15H,11H2,1H3,(H,22,23)(H,19,20,21). The van der Waals surface area contributed by atoms with Gasteiger partial charge in [0.05, 0.1) is 6.42 Å². The number of hydrogen-bond donors (Lipinski definition) is 2. The van der Waals surface area contributed by atoms with Gasteiger partial charge < -0.3 is 5.11 Å². The topological polar surface area (TPSA) is 78.9 Å². The third-order valence-corrected chi connectivity index (χ3v) is 4.69. The lowest BCUT2D eigenvalue weighted by Gasteiger charge is -2.12. The highest BCUT2D eigenvalue weighted by Crippen LogP contribution is 2.36. The molecule has 5 nitrogen and oxygen atoms in total. The summed E-state index contributed by atoms with van der Waals surface area (Å²) in [5.74, 6) is -0.162. The number of hydrogen-bond acceptors (Lipinski definition) is 4. The predicted octanol–water partition coefficient (Wildman–Crippen LogP) is 4.09. The van der Waals surface area contributed by atoms with Crippen molar-refractivity contribution in [1.29, 1.82) is 0 Å². The molecule has 0 saturated carbocycles. The number of aryl methyl sites for hydroxylation is 1. The molecule has 0 amide bonds. The number of rotatable bonds is 6. The van der Waals surface area contributed by atoms with Crippen LogP contribution >= 0.6 is 11.8 Å². The van der Waals surface area contributed by atoms with E-state index in [1.807, 2.05) is 61.5 Å². The van der Waals surface area contributed by atoms with Crippen LogP contribution in [-0.2, 0) is 4.79 Å². The molecule has 0 saturated heterocycles. The van der Waals surface area contributed by atoms with Crippen molar-refractivity contribution in [3.8, 4) is 11.4 Å². The highest BCUT2D eigenvalue weighted by atomic mass is 32.2. The van der Waals surface area contributed by atoms with Crippen LogP contribution in [0.25, 0.3) is 11.4 Å². The van der Waals surface area contributed by atoms with Crippen LogP contribution in [0.15, 0.2) is 59.8 Å². The molecule has 6 heteroatoms. The zero-order valence-electron chi connectivity index (χ0n) is 13.1. The van der Waals surface area contributed by atoms with Crippen LogP contribution < -0.4 is 0 Å². The van der Waals surface area contributed by atoms with E-state index in [1.54, 1.807) is 0 Å². The monoisotopic (exact) mass is 339 g/mol. The van der Waals surface area contributed by atoms with E-state index >= 15 is 0 Å². The molecule has 1 atom stereocenters.